The van der Waals surface area contributed by atoms with E-state index >= 15 is 0 Å². The van der Waals surface area contributed by atoms with Crippen LogP contribution < -0.4 is 4.72 Å². The maximum absolute atomic E-state index is 12.3. The highest BCUT2D eigenvalue weighted by Gasteiger charge is 2.19. The van der Waals surface area contributed by atoms with Gasteiger partial charge in [0.15, 0.2) is 5.76 Å². The van der Waals surface area contributed by atoms with E-state index in [9.17, 15) is 8.42 Å². The van der Waals surface area contributed by atoms with Crippen molar-refractivity contribution in [2.45, 2.75) is 25.6 Å². The fraction of sp³-hybridized carbons (Fsp3) is 0.235. The van der Waals surface area contributed by atoms with Gasteiger partial charge in [0.25, 0.3) is 0 Å². The second-order valence-corrected chi connectivity index (χ2v) is 7.39. The summed E-state index contributed by atoms with van der Waals surface area (Å²) in [5.41, 5.74) is 1.58. The lowest BCUT2D eigenvalue weighted by atomic mass is 10.0. The van der Waals surface area contributed by atoms with Crippen LogP contribution in [-0.4, -0.2) is 13.6 Å². The summed E-state index contributed by atoms with van der Waals surface area (Å²) in [5, 5.41) is 5.92. The molecule has 0 saturated carbocycles. The number of aryl methyl sites for hydroxylation is 1. The molecule has 1 atom stereocenters. The van der Waals surface area contributed by atoms with Crippen molar-refractivity contribution < 1.29 is 12.9 Å². The Morgan fingerprint density at radius 1 is 1.13 bits per heavy atom. The number of nitrogens with one attached hydrogen (secondary N) is 1. The van der Waals surface area contributed by atoms with Crippen LogP contribution in [0, 0.1) is 6.92 Å². The Balaban J connectivity index is 1.77. The summed E-state index contributed by atoms with van der Waals surface area (Å²) < 4.78 is 32.2. The number of fused-ring (bicyclic) bond motifs is 1. The molecule has 1 N–H and O–H groups in total. The number of rotatable bonds is 5. The number of sulfonamides is 1. The summed E-state index contributed by atoms with van der Waals surface area (Å²) in [4.78, 5) is 0. The lowest BCUT2D eigenvalue weighted by Gasteiger charge is -2.14. The molecule has 0 spiro atoms. The average Bonchev–Trinajstić information content (AvgIpc) is 2.90. The minimum absolute atomic E-state index is 0.217. The van der Waals surface area contributed by atoms with Crippen LogP contribution in [0.4, 0.5) is 0 Å². The van der Waals surface area contributed by atoms with Gasteiger partial charge in [0.2, 0.25) is 10.0 Å². The first-order chi connectivity index (χ1) is 10.9. The van der Waals surface area contributed by atoms with Gasteiger partial charge >= 0.3 is 0 Å². The van der Waals surface area contributed by atoms with Crippen LogP contribution in [0.25, 0.3) is 10.8 Å². The molecule has 1 aromatic heterocycles. The van der Waals surface area contributed by atoms with Crippen molar-refractivity contribution in [2.75, 3.05) is 0 Å². The molecule has 0 radical (unpaired) electrons. The summed E-state index contributed by atoms with van der Waals surface area (Å²) in [5.74, 6) is 0.117. The SMILES string of the molecule is Cc1cc(CS(=O)(=O)N[C@H](C)c2ccc3ccccc3c2)on1. The number of nitrogens with zero attached hydrogens (tertiary/aromatic N) is 1. The van der Waals surface area contributed by atoms with E-state index < -0.39 is 10.0 Å². The molecule has 0 aliphatic rings. The van der Waals surface area contributed by atoms with E-state index in [1.807, 2.05) is 49.4 Å². The summed E-state index contributed by atoms with van der Waals surface area (Å²) >= 11 is 0. The first-order valence-electron chi connectivity index (χ1n) is 7.34. The second kappa shape index (κ2) is 6.14. The lowest BCUT2D eigenvalue weighted by Crippen LogP contribution is -2.28. The number of aromatic nitrogens is 1. The molecule has 3 rings (SSSR count). The molecule has 3 aromatic rings. The highest BCUT2D eigenvalue weighted by molar-refractivity contribution is 7.88. The molecule has 0 saturated heterocycles. The van der Waals surface area contributed by atoms with Gasteiger partial charge in [0.1, 0.15) is 5.75 Å². The predicted octanol–water partition coefficient (Wildman–Crippen LogP) is 3.32. The number of benzene rings is 2. The molecule has 120 valence electrons. The topological polar surface area (TPSA) is 72.2 Å². The largest absolute Gasteiger partial charge is 0.360 e. The van der Waals surface area contributed by atoms with Gasteiger partial charge in [-0.1, -0.05) is 41.6 Å². The molecule has 0 aliphatic carbocycles. The third-order valence-electron chi connectivity index (χ3n) is 3.64. The van der Waals surface area contributed by atoms with Crippen LogP contribution in [0.2, 0.25) is 0 Å². The minimum Gasteiger partial charge on any atom is -0.360 e. The van der Waals surface area contributed by atoms with Gasteiger partial charge in [-0.2, -0.15) is 0 Å². The minimum atomic E-state index is -3.51. The molecule has 0 bridgehead atoms. The van der Waals surface area contributed by atoms with E-state index in [0.29, 0.717) is 11.5 Å². The highest BCUT2D eigenvalue weighted by Crippen LogP contribution is 2.21. The molecule has 0 amide bonds. The molecular formula is C17H18N2O3S. The maximum atomic E-state index is 12.3. The monoisotopic (exact) mass is 330 g/mol. The molecule has 0 aliphatic heterocycles. The van der Waals surface area contributed by atoms with Crippen molar-refractivity contribution in [1.82, 2.24) is 9.88 Å². The van der Waals surface area contributed by atoms with E-state index in [4.69, 9.17) is 4.52 Å². The van der Waals surface area contributed by atoms with Crippen LogP contribution in [0.15, 0.2) is 53.1 Å². The lowest BCUT2D eigenvalue weighted by molar-refractivity contribution is 0.388. The number of hydrogen-bond donors (Lipinski definition) is 1. The maximum Gasteiger partial charge on any atom is 0.219 e. The van der Waals surface area contributed by atoms with E-state index in [2.05, 4.69) is 9.88 Å². The van der Waals surface area contributed by atoms with E-state index in [1.54, 1.807) is 13.0 Å². The summed E-state index contributed by atoms with van der Waals surface area (Å²) in [6.45, 7) is 3.58. The Bertz CT molecular complexity index is 932. The van der Waals surface area contributed by atoms with Crippen molar-refractivity contribution in [3.8, 4) is 0 Å². The highest BCUT2D eigenvalue weighted by atomic mass is 32.2. The molecular weight excluding hydrogens is 312 g/mol. The van der Waals surface area contributed by atoms with Crippen molar-refractivity contribution in [2.24, 2.45) is 0 Å². The summed E-state index contributed by atoms with van der Waals surface area (Å²) in [6, 6.07) is 15.2. The Morgan fingerprint density at radius 2 is 1.87 bits per heavy atom. The van der Waals surface area contributed by atoms with Crippen LogP contribution in [0.1, 0.15) is 30.0 Å². The normalized spacial score (nSPS) is 13.3. The average molecular weight is 330 g/mol. The third-order valence-corrected chi connectivity index (χ3v) is 5.02. The van der Waals surface area contributed by atoms with E-state index in [-0.39, 0.29) is 11.8 Å². The Kier molecular flexibility index (Phi) is 4.19. The van der Waals surface area contributed by atoms with Gasteiger partial charge in [0, 0.05) is 12.1 Å². The standard InChI is InChI=1S/C17H18N2O3S/c1-12-9-17(22-18-12)11-23(20,21)19-13(2)15-8-7-14-5-3-4-6-16(14)10-15/h3-10,13,19H,11H2,1-2H3/t13-/m1/s1. The van der Waals surface area contributed by atoms with E-state index in [0.717, 1.165) is 16.3 Å². The Labute approximate surface area is 135 Å². The third kappa shape index (κ3) is 3.78. The molecule has 0 fully saturated rings. The zero-order valence-corrected chi connectivity index (χ0v) is 13.8. The summed E-state index contributed by atoms with van der Waals surface area (Å²) in [6.07, 6.45) is 0. The van der Waals surface area contributed by atoms with Crippen LogP contribution in [0.5, 0.6) is 0 Å². The Morgan fingerprint density at radius 3 is 2.57 bits per heavy atom. The van der Waals surface area contributed by atoms with Gasteiger partial charge in [-0.25, -0.2) is 13.1 Å². The fourth-order valence-corrected chi connectivity index (χ4v) is 3.80. The van der Waals surface area contributed by atoms with Crippen molar-refractivity contribution >= 4 is 20.8 Å². The first-order valence-corrected chi connectivity index (χ1v) is 8.99. The van der Waals surface area contributed by atoms with Crippen LogP contribution in [-0.2, 0) is 15.8 Å². The smallest absolute Gasteiger partial charge is 0.219 e. The van der Waals surface area contributed by atoms with Gasteiger partial charge in [0.05, 0.1) is 5.69 Å². The van der Waals surface area contributed by atoms with Crippen LogP contribution >= 0.6 is 0 Å². The molecule has 1 heterocycles. The van der Waals surface area contributed by atoms with Crippen LogP contribution in [0.3, 0.4) is 0 Å². The predicted molar refractivity (Wildman–Crippen MR) is 89.4 cm³/mol. The number of hydrogen-bond acceptors (Lipinski definition) is 4. The zero-order valence-electron chi connectivity index (χ0n) is 13.0. The van der Waals surface area contributed by atoms with Gasteiger partial charge in [-0.05, 0) is 36.2 Å². The quantitative estimate of drug-likeness (QED) is 0.779. The second-order valence-electron chi connectivity index (χ2n) is 5.64. The van der Waals surface area contributed by atoms with Crippen molar-refractivity contribution in [3.63, 3.8) is 0 Å². The zero-order chi connectivity index (χ0) is 16.4. The van der Waals surface area contributed by atoms with Gasteiger partial charge in [-0.15, -0.1) is 0 Å². The van der Waals surface area contributed by atoms with Crippen molar-refractivity contribution in [1.29, 1.82) is 0 Å². The molecule has 0 unspecified atom stereocenters. The Hall–Kier alpha value is -2.18. The van der Waals surface area contributed by atoms with E-state index in [1.165, 1.54) is 0 Å². The first kappa shape index (κ1) is 15.7. The van der Waals surface area contributed by atoms with Crippen molar-refractivity contribution in [3.05, 3.63) is 65.5 Å². The molecule has 6 heteroatoms. The van der Waals surface area contributed by atoms with Gasteiger partial charge in [-0.3, -0.25) is 0 Å². The fourth-order valence-electron chi connectivity index (χ4n) is 2.53. The molecule has 23 heavy (non-hydrogen) atoms. The van der Waals surface area contributed by atoms with Gasteiger partial charge < -0.3 is 4.52 Å². The molecule has 5 nitrogen and oxygen atoms in total. The summed E-state index contributed by atoms with van der Waals surface area (Å²) in [7, 11) is -3.51. The molecule has 2 aromatic carbocycles.